The minimum absolute atomic E-state index is 0.0491. The number of methoxy groups -OCH3 is 1. The number of benzene rings is 3. The molecule has 10 heteroatoms. The predicted molar refractivity (Wildman–Crippen MR) is 124 cm³/mol. The van der Waals surface area contributed by atoms with Crippen molar-refractivity contribution in [2.45, 2.75) is 12.5 Å². The molecule has 1 atom stereocenters. The number of hydrogen-bond donors (Lipinski definition) is 1. The van der Waals surface area contributed by atoms with E-state index < -0.39 is 22.8 Å². The molecule has 3 aromatic rings. The van der Waals surface area contributed by atoms with Crippen LogP contribution in [-0.4, -0.2) is 35.1 Å². The number of carbonyl (C=O) groups excluding carboxylic acids is 2. The highest BCUT2D eigenvalue weighted by atomic mass is 35.5. The van der Waals surface area contributed by atoms with E-state index in [1.165, 1.54) is 37.4 Å². The van der Waals surface area contributed by atoms with E-state index in [4.69, 9.17) is 27.9 Å². The summed E-state index contributed by atoms with van der Waals surface area (Å²) in [6, 6.07) is 15.0. The number of non-ortho nitro benzene ring substituents is 1. The van der Waals surface area contributed by atoms with Crippen molar-refractivity contribution in [1.82, 2.24) is 0 Å². The van der Waals surface area contributed by atoms with E-state index >= 15 is 0 Å². The summed E-state index contributed by atoms with van der Waals surface area (Å²) in [6.45, 7) is 0. The predicted octanol–water partition coefficient (Wildman–Crippen LogP) is 5.04. The number of anilines is 1. The van der Waals surface area contributed by atoms with Crippen LogP contribution in [0.1, 0.15) is 15.9 Å². The van der Waals surface area contributed by atoms with Crippen LogP contribution in [0.2, 0.25) is 10.0 Å². The molecule has 0 aliphatic heterocycles. The fourth-order valence-electron chi connectivity index (χ4n) is 3.26. The Morgan fingerprint density at radius 1 is 1.06 bits per heavy atom. The average molecular weight is 489 g/mol. The maximum absolute atomic E-state index is 13.6. The van der Waals surface area contributed by atoms with E-state index in [0.29, 0.717) is 0 Å². The van der Waals surface area contributed by atoms with Crippen molar-refractivity contribution in [1.29, 1.82) is 0 Å². The Kier molecular flexibility index (Phi) is 7.52. The van der Waals surface area contributed by atoms with Gasteiger partial charge in [-0.3, -0.25) is 19.8 Å². The smallest absolute Gasteiger partial charge is 0.329 e. The van der Waals surface area contributed by atoms with Gasteiger partial charge < -0.3 is 9.84 Å². The lowest BCUT2D eigenvalue weighted by molar-refractivity contribution is -0.384. The second kappa shape index (κ2) is 10.3. The summed E-state index contributed by atoms with van der Waals surface area (Å²) < 4.78 is 4.95. The van der Waals surface area contributed by atoms with Crippen molar-refractivity contribution in [2.24, 2.45) is 0 Å². The molecule has 0 saturated heterocycles. The van der Waals surface area contributed by atoms with E-state index in [1.54, 1.807) is 30.3 Å². The van der Waals surface area contributed by atoms with Crippen LogP contribution in [0.4, 0.5) is 11.4 Å². The minimum Gasteiger partial charge on any atom is -0.506 e. The highest BCUT2D eigenvalue weighted by Gasteiger charge is 2.35. The summed E-state index contributed by atoms with van der Waals surface area (Å²) in [5.74, 6) is -1.83. The van der Waals surface area contributed by atoms with Crippen molar-refractivity contribution in [2.75, 3.05) is 12.0 Å². The van der Waals surface area contributed by atoms with Crippen LogP contribution in [-0.2, 0) is 16.0 Å². The second-order valence-electron chi connectivity index (χ2n) is 6.96. The summed E-state index contributed by atoms with van der Waals surface area (Å²) in [7, 11) is 1.18. The Hall–Kier alpha value is -3.62. The number of nitrogens with zero attached hydrogens (tertiary/aromatic N) is 2. The van der Waals surface area contributed by atoms with E-state index in [2.05, 4.69) is 0 Å². The van der Waals surface area contributed by atoms with Crippen LogP contribution < -0.4 is 4.90 Å². The summed E-state index contributed by atoms with van der Waals surface area (Å²) >= 11 is 12.1. The summed E-state index contributed by atoms with van der Waals surface area (Å²) in [6.07, 6.45) is 0.0614. The molecular weight excluding hydrogens is 471 g/mol. The third kappa shape index (κ3) is 5.42. The lowest BCUT2D eigenvalue weighted by Gasteiger charge is -2.31. The van der Waals surface area contributed by atoms with Crippen LogP contribution in [0, 0.1) is 10.1 Å². The van der Waals surface area contributed by atoms with Crippen molar-refractivity contribution < 1.29 is 24.4 Å². The molecule has 0 spiro atoms. The molecule has 1 N–H and O–H groups in total. The largest absolute Gasteiger partial charge is 0.506 e. The van der Waals surface area contributed by atoms with Gasteiger partial charge in [-0.2, -0.15) is 0 Å². The Morgan fingerprint density at radius 2 is 1.67 bits per heavy atom. The first-order valence-corrected chi connectivity index (χ1v) is 10.4. The first-order valence-electron chi connectivity index (χ1n) is 9.60. The van der Waals surface area contributed by atoms with Gasteiger partial charge in [0.15, 0.2) is 0 Å². The molecule has 3 aromatic carbocycles. The molecule has 8 nitrogen and oxygen atoms in total. The Bertz CT molecular complexity index is 1190. The van der Waals surface area contributed by atoms with Crippen LogP contribution in [0.5, 0.6) is 5.75 Å². The molecule has 0 fully saturated rings. The third-order valence-electron chi connectivity index (χ3n) is 4.88. The number of hydrogen-bond acceptors (Lipinski definition) is 6. The number of halogens is 2. The highest BCUT2D eigenvalue weighted by Crippen LogP contribution is 2.38. The van der Waals surface area contributed by atoms with Crippen molar-refractivity contribution in [3.05, 3.63) is 98.0 Å². The number of ether oxygens (including phenoxy) is 1. The van der Waals surface area contributed by atoms with Gasteiger partial charge in [0.05, 0.1) is 27.8 Å². The van der Waals surface area contributed by atoms with E-state index in [1.807, 2.05) is 0 Å². The SMILES string of the molecule is COC(=O)[C@@H](Cc1ccccc1)N(C(=O)c1ccc([N+](=O)[O-])cc1)c1cc(Cl)c(Cl)cc1O. The number of carbonyl (C=O) groups is 2. The highest BCUT2D eigenvalue weighted by molar-refractivity contribution is 6.42. The maximum Gasteiger partial charge on any atom is 0.329 e. The van der Waals surface area contributed by atoms with E-state index in [-0.39, 0.29) is 39.2 Å². The van der Waals surface area contributed by atoms with Gasteiger partial charge >= 0.3 is 5.97 Å². The number of nitro groups is 1. The fourth-order valence-corrected chi connectivity index (χ4v) is 3.57. The third-order valence-corrected chi connectivity index (χ3v) is 5.60. The van der Waals surface area contributed by atoms with Gasteiger partial charge in [0.25, 0.3) is 11.6 Å². The van der Waals surface area contributed by atoms with Gasteiger partial charge in [0.1, 0.15) is 11.8 Å². The zero-order valence-electron chi connectivity index (χ0n) is 17.3. The van der Waals surface area contributed by atoms with Gasteiger partial charge in [-0.05, 0) is 23.8 Å². The molecule has 0 saturated carbocycles. The standard InChI is InChI=1S/C23H18Cl2N2O6/c1-33-23(30)20(11-14-5-3-2-4-6-14)26(19-12-17(24)18(25)13-21(19)28)22(29)15-7-9-16(10-8-15)27(31)32/h2-10,12-13,20,28H,11H2,1H3/t20-/m1/s1. The quantitative estimate of drug-likeness (QED) is 0.283. The monoisotopic (exact) mass is 488 g/mol. The molecule has 3 rings (SSSR count). The molecule has 0 aromatic heterocycles. The topological polar surface area (TPSA) is 110 Å². The van der Waals surface area contributed by atoms with Gasteiger partial charge in [0.2, 0.25) is 0 Å². The number of nitro benzene ring substituents is 1. The minimum atomic E-state index is -1.19. The number of aromatic hydroxyl groups is 1. The number of phenols is 1. The molecule has 0 aliphatic carbocycles. The molecule has 0 aliphatic rings. The molecule has 0 unspecified atom stereocenters. The molecule has 170 valence electrons. The summed E-state index contributed by atoms with van der Waals surface area (Å²) in [5, 5.41) is 21.7. The summed E-state index contributed by atoms with van der Waals surface area (Å²) in [5.41, 5.74) is 0.505. The molecule has 1 amide bonds. The van der Waals surface area contributed by atoms with E-state index in [0.717, 1.165) is 16.5 Å². The van der Waals surface area contributed by atoms with Crippen molar-refractivity contribution in [3.63, 3.8) is 0 Å². The number of phenolic OH excluding ortho intramolecular Hbond substituents is 1. The zero-order chi connectivity index (χ0) is 24.1. The van der Waals surface area contributed by atoms with Gasteiger partial charge in [-0.1, -0.05) is 53.5 Å². The van der Waals surface area contributed by atoms with Gasteiger partial charge in [-0.15, -0.1) is 0 Å². The number of esters is 1. The zero-order valence-corrected chi connectivity index (χ0v) is 18.8. The Morgan fingerprint density at radius 3 is 2.24 bits per heavy atom. The van der Waals surface area contributed by atoms with Gasteiger partial charge in [-0.25, -0.2) is 4.79 Å². The van der Waals surface area contributed by atoms with Crippen LogP contribution >= 0.6 is 23.2 Å². The molecular formula is C23H18Cl2N2O6. The van der Waals surface area contributed by atoms with E-state index in [9.17, 15) is 24.8 Å². The van der Waals surface area contributed by atoms with Crippen molar-refractivity contribution in [3.8, 4) is 5.75 Å². The average Bonchev–Trinajstić information content (AvgIpc) is 2.81. The summed E-state index contributed by atoms with van der Waals surface area (Å²) in [4.78, 5) is 37.9. The van der Waals surface area contributed by atoms with Crippen molar-refractivity contribution >= 4 is 46.5 Å². The van der Waals surface area contributed by atoms with Crippen LogP contribution in [0.25, 0.3) is 0 Å². The fraction of sp³-hybridized carbons (Fsp3) is 0.130. The Labute approximate surface area is 199 Å². The van der Waals surface area contributed by atoms with Crippen LogP contribution in [0.15, 0.2) is 66.7 Å². The second-order valence-corrected chi connectivity index (χ2v) is 7.78. The lowest BCUT2D eigenvalue weighted by atomic mass is 10.0. The van der Waals surface area contributed by atoms with Crippen LogP contribution in [0.3, 0.4) is 0 Å². The first kappa shape index (κ1) is 24.0. The number of amides is 1. The molecule has 0 bridgehead atoms. The molecule has 0 radical (unpaired) electrons. The maximum atomic E-state index is 13.6. The number of rotatable bonds is 7. The normalized spacial score (nSPS) is 11.5. The molecule has 33 heavy (non-hydrogen) atoms. The lowest BCUT2D eigenvalue weighted by Crippen LogP contribution is -2.47. The Balaban J connectivity index is 2.16. The molecule has 0 heterocycles. The van der Waals surface area contributed by atoms with Gasteiger partial charge in [0, 0.05) is 30.2 Å². The first-order chi connectivity index (χ1) is 15.7.